The number of carbonyl (C=O) groups excluding carboxylic acids is 2. The summed E-state index contributed by atoms with van der Waals surface area (Å²) in [5, 5.41) is 6.29. The third kappa shape index (κ3) is 4.60. The van der Waals surface area contributed by atoms with Gasteiger partial charge in [-0.3, -0.25) is 9.69 Å². The molecule has 0 aromatic heterocycles. The van der Waals surface area contributed by atoms with Crippen LogP contribution in [0.5, 0.6) is 0 Å². The molecule has 2 N–H and O–H groups in total. The van der Waals surface area contributed by atoms with Crippen LogP contribution >= 0.6 is 0 Å². The fraction of sp³-hybridized carbons (Fsp3) is 0.600. The van der Waals surface area contributed by atoms with Gasteiger partial charge in [-0.25, -0.2) is 4.79 Å². The van der Waals surface area contributed by atoms with E-state index in [1.165, 1.54) is 16.0 Å². The van der Waals surface area contributed by atoms with E-state index in [1.807, 2.05) is 0 Å². The second kappa shape index (κ2) is 8.00. The third-order valence-corrected chi connectivity index (χ3v) is 4.78. The predicted molar refractivity (Wildman–Crippen MR) is 100 cm³/mol. The molecule has 3 amide bonds. The van der Waals surface area contributed by atoms with Crippen molar-refractivity contribution in [3.05, 3.63) is 35.4 Å². The summed E-state index contributed by atoms with van der Waals surface area (Å²) in [6.07, 6.45) is 1.79. The Morgan fingerprint density at radius 2 is 1.80 bits per heavy atom. The fourth-order valence-electron chi connectivity index (χ4n) is 3.21. The molecule has 1 aliphatic heterocycles. The van der Waals surface area contributed by atoms with Crippen LogP contribution in [0.25, 0.3) is 0 Å². The van der Waals surface area contributed by atoms with Crippen LogP contribution in [0.3, 0.4) is 0 Å². The Bertz CT molecular complexity index is 608. The molecule has 1 saturated heterocycles. The minimum atomic E-state index is -0.786. The highest BCUT2D eigenvalue weighted by atomic mass is 16.2. The topological polar surface area (TPSA) is 61.4 Å². The average molecular weight is 345 g/mol. The van der Waals surface area contributed by atoms with Gasteiger partial charge in [-0.15, -0.1) is 0 Å². The van der Waals surface area contributed by atoms with E-state index in [9.17, 15) is 9.59 Å². The zero-order chi connectivity index (χ0) is 18.6. The number of rotatable bonds is 8. The van der Waals surface area contributed by atoms with E-state index in [1.54, 1.807) is 13.8 Å². The van der Waals surface area contributed by atoms with Crippen molar-refractivity contribution >= 4 is 11.9 Å². The van der Waals surface area contributed by atoms with Gasteiger partial charge in [0.1, 0.15) is 5.54 Å². The van der Waals surface area contributed by atoms with Crippen LogP contribution < -0.4 is 10.6 Å². The van der Waals surface area contributed by atoms with Gasteiger partial charge in [0, 0.05) is 12.6 Å². The van der Waals surface area contributed by atoms with Crippen LogP contribution in [0.2, 0.25) is 0 Å². The lowest BCUT2D eigenvalue weighted by molar-refractivity contribution is -0.130. The van der Waals surface area contributed by atoms with E-state index >= 15 is 0 Å². The second-order valence-corrected chi connectivity index (χ2v) is 7.64. The summed E-state index contributed by atoms with van der Waals surface area (Å²) in [4.78, 5) is 25.4. The summed E-state index contributed by atoms with van der Waals surface area (Å²) in [6.45, 7) is 11.2. The first-order valence-corrected chi connectivity index (χ1v) is 9.22. The Labute approximate surface area is 151 Å². The summed E-state index contributed by atoms with van der Waals surface area (Å²) in [5.41, 5.74) is 1.84. The first kappa shape index (κ1) is 19.4. The number of hydrogen-bond donors (Lipinski definition) is 2. The normalized spacial score (nSPS) is 17.9. The third-order valence-electron chi connectivity index (χ3n) is 4.78. The number of nitrogens with one attached hydrogen (secondary N) is 2. The van der Waals surface area contributed by atoms with Gasteiger partial charge in [0.25, 0.3) is 5.91 Å². The maximum absolute atomic E-state index is 12.2. The van der Waals surface area contributed by atoms with Crippen LogP contribution in [0.1, 0.15) is 58.2 Å². The minimum Gasteiger partial charge on any atom is -0.324 e. The van der Waals surface area contributed by atoms with Gasteiger partial charge >= 0.3 is 6.03 Å². The van der Waals surface area contributed by atoms with Crippen molar-refractivity contribution in [2.75, 3.05) is 13.1 Å². The molecule has 5 nitrogen and oxygen atoms in total. The van der Waals surface area contributed by atoms with Crippen molar-refractivity contribution < 1.29 is 9.59 Å². The van der Waals surface area contributed by atoms with Crippen LogP contribution in [-0.4, -0.2) is 35.5 Å². The van der Waals surface area contributed by atoms with Gasteiger partial charge in [-0.1, -0.05) is 45.0 Å². The van der Waals surface area contributed by atoms with E-state index in [-0.39, 0.29) is 18.0 Å². The molecule has 1 aromatic carbocycles. The Morgan fingerprint density at radius 3 is 2.28 bits per heavy atom. The molecule has 0 aliphatic carbocycles. The number of imide groups is 1. The van der Waals surface area contributed by atoms with Gasteiger partial charge in [-0.2, -0.15) is 0 Å². The van der Waals surface area contributed by atoms with Crippen LogP contribution in [0.15, 0.2) is 24.3 Å². The van der Waals surface area contributed by atoms with Gasteiger partial charge in [0.05, 0.1) is 0 Å². The molecule has 5 heteroatoms. The summed E-state index contributed by atoms with van der Waals surface area (Å²) in [5.74, 6) is 0.316. The number of aryl methyl sites for hydroxylation is 1. The number of amides is 3. The zero-order valence-electron chi connectivity index (χ0n) is 16.1. The Hall–Kier alpha value is -1.88. The molecule has 0 bridgehead atoms. The summed E-state index contributed by atoms with van der Waals surface area (Å²) >= 11 is 0. The van der Waals surface area contributed by atoms with Crippen LogP contribution in [0, 0.1) is 5.92 Å². The number of carbonyl (C=O) groups is 2. The average Bonchev–Trinajstić information content (AvgIpc) is 2.76. The van der Waals surface area contributed by atoms with Crippen molar-refractivity contribution in [3.63, 3.8) is 0 Å². The van der Waals surface area contributed by atoms with Crippen LogP contribution in [-0.2, 0) is 11.2 Å². The standard InChI is InChI=1S/C20H31N3O2/c1-6-15-8-10-16(11-9-15)17(14(2)3)21-12-7-13-23-18(24)20(4,5)22-19(23)25/h8-11,14,17,21H,6-7,12-13H2,1-5H3,(H,22,25). The maximum atomic E-state index is 12.2. The number of nitrogens with zero attached hydrogens (tertiary/aromatic N) is 1. The first-order chi connectivity index (χ1) is 11.8. The molecule has 0 spiro atoms. The lowest BCUT2D eigenvalue weighted by Gasteiger charge is -2.24. The summed E-state index contributed by atoms with van der Waals surface area (Å²) in [7, 11) is 0. The molecule has 25 heavy (non-hydrogen) atoms. The monoisotopic (exact) mass is 345 g/mol. The maximum Gasteiger partial charge on any atom is 0.325 e. The highest BCUT2D eigenvalue weighted by Crippen LogP contribution is 2.22. The highest BCUT2D eigenvalue weighted by Gasteiger charge is 2.43. The van der Waals surface area contributed by atoms with E-state index in [2.05, 4.69) is 55.7 Å². The smallest absolute Gasteiger partial charge is 0.324 e. The molecule has 1 unspecified atom stereocenters. The molecule has 1 aromatic rings. The van der Waals surface area contributed by atoms with Gasteiger partial charge < -0.3 is 10.6 Å². The molecule has 138 valence electrons. The highest BCUT2D eigenvalue weighted by molar-refractivity contribution is 6.06. The van der Waals surface area contributed by atoms with Crippen molar-refractivity contribution in [3.8, 4) is 0 Å². The second-order valence-electron chi connectivity index (χ2n) is 7.64. The lowest BCUT2D eigenvalue weighted by atomic mass is 9.95. The van der Waals surface area contributed by atoms with Gasteiger partial charge in [-0.05, 0) is 50.3 Å². The molecule has 1 atom stereocenters. The fourth-order valence-corrected chi connectivity index (χ4v) is 3.21. The van der Waals surface area contributed by atoms with Crippen molar-refractivity contribution in [2.45, 2.75) is 59.0 Å². The van der Waals surface area contributed by atoms with Gasteiger partial charge in [0.2, 0.25) is 0 Å². The SMILES string of the molecule is CCc1ccc(C(NCCCN2C(=O)NC(C)(C)C2=O)C(C)C)cc1. The predicted octanol–water partition coefficient (Wildman–Crippen LogP) is 3.26. The number of benzene rings is 1. The molecule has 1 heterocycles. The van der Waals surface area contributed by atoms with Crippen molar-refractivity contribution in [1.29, 1.82) is 0 Å². The Balaban J connectivity index is 1.87. The minimum absolute atomic E-state index is 0.145. The molecule has 0 radical (unpaired) electrons. The van der Waals surface area contributed by atoms with Crippen LogP contribution in [0.4, 0.5) is 4.79 Å². The molecule has 0 saturated carbocycles. The number of urea groups is 1. The molecule has 1 fully saturated rings. The van der Waals surface area contributed by atoms with E-state index in [0.29, 0.717) is 12.5 Å². The zero-order valence-corrected chi connectivity index (χ0v) is 16.1. The lowest BCUT2D eigenvalue weighted by Crippen LogP contribution is -2.40. The van der Waals surface area contributed by atoms with E-state index < -0.39 is 5.54 Å². The van der Waals surface area contributed by atoms with E-state index in [4.69, 9.17) is 0 Å². The molecular weight excluding hydrogens is 314 g/mol. The summed E-state index contributed by atoms with van der Waals surface area (Å²) in [6, 6.07) is 8.73. The quantitative estimate of drug-likeness (QED) is 0.561. The molecular formula is C20H31N3O2. The Kier molecular flexibility index (Phi) is 6.22. The van der Waals surface area contributed by atoms with Crippen molar-refractivity contribution in [1.82, 2.24) is 15.5 Å². The largest absolute Gasteiger partial charge is 0.325 e. The van der Waals surface area contributed by atoms with Crippen molar-refractivity contribution in [2.24, 2.45) is 5.92 Å². The summed E-state index contributed by atoms with van der Waals surface area (Å²) < 4.78 is 0. The molecule has 1 aliphatic rings. The van der Waals surface area contributed by atoms with E-state index in [0.717, 1.165) is 19.4 Å². The Morgan fingerprint density at radius 1 is 1.16 bits per heavy atom. The molecule has 2 rings (SSSR count). The van der Waals surface area contributed by atoms with Gasteiger partial charge in [0.15, 0.2) is 0 Å². The first-order valence-electron chi connectivity index (χ1n) is 9.22. The number of hydrogen-bond acceptors (Lipinski definition) is 3.